The Morgan fingerprint density at radius 1 is 1.25 bits per heavy atom. The lowest BCUT2D eigenvalue weighted by Gasteiger charge is -2.16. The molecule has 0 aromatic heterocycles. The minimum absolute atomic E-state index is 0.124. The second kappa shape index (κ2) is 4.67. The van der Waals surface area contributed by atoms with Crippen LogP contribution in [-0.2, 0) is 0 Å². The molecule has 0 aliphatic carbocycles. The predicted octanol–water partition coefficient (Wildman–Crippen LogP) is 3.68. The van der Waals surface area contributed by atoms with Crippen LogP contribution in [0.3, 0.4) is 0 Å². The fourth-order valence-electron chi connectivity index (χ4n) is 1.23. The summed E-state index contributed by atoms with van der Waals surface area (Å²) in [6, 6.07) is 0.172. The van der Waals surface area contributed by atoms with E-state index in [0.29, 0.717) is 0 Å². The van der Waals surface area contributed by atoms with Crippen molar-refractivity contribution in [2.45, 2.75) is 18.6 Å². The maximum Gasteiger partial charge on any atom is 0.390 e. The van der Waals surface area contributed by atoms with Crippen LogP contribution in [-0.4, -0.2) is 6.18 Å². The van der Waals surface area contributed by atoms with E-state index < -0.39 is 35.8 Å². The molecule has 0 saturated carbocycles. The van der Waals surface area contributed by atoms with Crippen LogP contribution in [0.4, 0.5) is 22.0 Å². The molecule has 0 aliphatic heterocycles. The highest BCUT2D eigenvalue weighted by Crippen LogP contribution is 2.32. The van der Waals surface area contributed by atoms with Crippen molar-refractivity contribution in [3.63, 3.8) is 0 Å². The number of hydrogen-bond acceptors (Lipinski definition) is 1. The average Bonchev–Trinajstić information content (AvgIpc) is 2.09. The van der Waals surface area contributed by atoms with Crippen LogP contribution in [0.25, 0.3) is 0 Å². The van der Waals surface area contributed by atoms with Gasteiger partial charge in [-0.15, -0.1) is 0 Å². The van der Waals surface area contributed by atoms with E-state index in [0.717, 1.165) is 12.1 Å². The van der Waals surface area contributed by atoms with Crippen molar-refractivity contribution < 1.29 is 22.0 Å². The number of rotatable bonds is 2. The average molecular weight is 304 g/mol. The Hall–Kier alpha value is -0.690. The Morgan fingerprint density at radius 2 is 1.81 bits per heavy atom. The summed E-state index contributed by atoms with van der Waals surface area (Å²) in [5, 5.41) is 0. The monoisotopic (exact) mass is 303 g/mol. The molecule has 90 valence electrons. The predicted molar refractivity (Wildman–Crippen MR) is 51.7 cm³/mol. The van der Waals surface area contributed by atoms with Gasteiger partial charge in [-0.2, -0.15) is 13.2 Å². The molecule has 1 rings (SSSR count). The van der Waals surface area contributed by atoms with Crippen LogP contribution in [0.2, 0.25) is 0 Å². The van der Waals surface area contributed by atoms with Gasteiger partial charge in [0, 0.05) is 11.6 Å². The van der Waals surface area contributed by atoms with Gasteiger partial charge in [0.1, 0.15) is 11.6 Å². The van der Waals surface area contributed by atoms with E-state index in [-0.39, 0.29) is 4.47 Å². The number of alkyl halides is 3. The van der Waals surface area contributed by atoms with Gasteiger partial charge in [0.25, 0.3) is 0 Å². The van der Waals surface area contributed by atoms with Gasteiger partial charge >= 0.3 is 6.18 Å². The van der Waals surface area contributed by atoms with E-state index in [4.69, 9.17) is 5.73 Å². The van der Waals surface area contributed by atoms with Crippen LogP contribution >= 0.6 is 15.9 Å². The van der Waals surface area contributed by atoms with Gasteiger partial charge in [0.05, 0.1) is 10.9 Å². The summed E-state index contributed by atoms with van der Waals surface area (Å²) >= 11 is 2.75. The molecular weight excluding hydrogens is 297 g/mol. The van der Waals surface area contributed by atoms with Gasteiger partial charge in [-0.25, -0.2) is 8.78 Å². The molecule has 1 nitrogen and oxygen atoms in total. The largest absolute Gasteiger partial charge is 0.390 e. The zero-order chi connectivity index (χ0) is 12.5. The Balaban J connectivity index is 3.08. The number of nitrogens with two attached hydrogens (primary N) is 1. The zero-order valence-corrected chi connectivity index (χ0v) is 9.37. The van der Waals surface area contributed by atoms with Crippen LogP contribution in [0, 0.1) is 11.6 Å². The molecule has 7 heteroatoms. The molecule has 16 heavy (non-hydrogen) atoms. The summed E-state index contributed by atoms with van der Waals surface area (Å²) in [6.45, 7) is 0. The topological polar surface area (TPSA) is 26.0 Å². The van der Waals surface area contributed by atoms with Crippen LogP contribution in [0.15, 0.2) is 16.6 Å². The zero-order valence-electron chi connectivity index (χ0n) is 7.78. The lowest BCUT2D eigenvalue weighted by atomic mass is 10.0. The molecule has 0 heterocycles. The van der Waals surface area contributed by atoms with E-state index in [1.54, 1.807) is 0 Å². The van der Waals surface area contributed by atoms with Crippen molar-refractivity contribution in [3.8, 4) is 0 Å². The molecule has 1 atom stereocenters. The van der Waals surface area contributed by atoms with E-state index in [9.17, 15) is 22.0 Å². The third-order valence-corrected chi connectivity index (χ3v) is 2.51. The van der Waals surface area contributed by atoms with Crippen molar-refractivity contribution in [1.29, 1.82) is 0 Å². The molecule has 0 spiro atoms. The normalized spacial score (nSPS) is 13.9. The standard InChI is InChI=1S/C9H7BrF5N/c10-4-1-2-5(11)7(8(4)12)6(16)3-9(13,14)15/h1-2,6H,3,16H2/t6-/m0/s1. The third kappa shape index (κ3) is 3.15. The first-order chi connectivity index (χ1) is 7.22. The van der Waals surface area contributed by atoms with Gasteiger partial charge in [0.15, 0.2) is 0 Å². The summed E-state index contributed by atoms with van der Waals surface area (Å²) in [5.74, 6) is -2.19. The maximum absolute atomic E-state index is 13.4. The molecule has 0 amide bonds. The minimum Gasteiger partial charge on any atom is -0.323 e. The molecule has 2 N–H and O–H groups in total. The first-order valence-electron chi connectivity index (χ1n) is 4.18. The Morgan fingerprint density at radius 3 is 2.31 bits per heavy atom. The molecule has 0 bridgehead atoms. The van der Waals surface area contributed by atoms with Crippen LogP contribution in [0.5, 0.6) is 0 Å². The fourth-order valence-corrected chi connectivity index (χ4v) is 1.58. The van der Waals surface area contributed by atoms with Crippen LogP contribution in [0.1, 0.15) is 18.0 Å². The maximum atomic E-state index is 13.4. The van der Waals surface area contributed by atoms with E-state index in [1.807, 2.05) is 0 Å². The molecular formula is C9H7BrF5N. The lowest BCUT2D eigenvalue weighted by Crippen LogP contribution is -2.22. The summed E-state index contributed by atoms with van der Waals surface area (Å²) in [6.07, 6.45) is -6.04. The Kier molecular flexibility index (Phi) is 3.90. The highest BCUT2D eigenvalue weighted by atomic mass is 79.9. The van der Waals surface area contributed by atoms with E-state index in [1.165, 1.54) is 0 Å². The first-order valence-corrected chi connectivity index (χ1v) is 4.97. The number of benzene rings is 1. The molecule has 0 aliphatic rings. The van der Waals surface area contributed by atoms with Gasteiger partial charge in [-0.3, -0.25) is 0 Å². The van der Waals surface area contributed by atoms with Gasteiger partial charge in [-0.1, -0.05) is 0 Å². The summed E-state index contributed by atoms with van der Waals surface area (Å²) in [4.78, 5) is 0. The fraction of sp³-hybridized carbons (Fsp3) is 0.333. The smallest absolute Gasteiger partial charge is 0.323 e. The second-order valence-electron chi connectivity index (χ2n) is 3.18. The van der Waals surface area contributed by atoms with E-state index >= 15 is 0 Å². The van der Waals surface area contributed by atoms with Gasteiger partial charge in [-0.05, 0) is 28.1 Å². The van der Waals surface area contributed by atoms with Crippen molar-refractivity contribution in [1.82, 2.24) is 0 Å². The molecule has 0 unspecified atom stereocenters. The molecule has 0 radical (unpaired) electrons. The SMILES string of the molecule is N[C@@H](CC(F)(F)F)c1c(F)ccc(Br)c1F. The molecule has 1 aromatic carbocycles. The summed E-state index contributed by atoms with van der Waals surface area (Å²) < 4.78 is 62.4. The van der Waals surface area contributed by atoms with Crippen molar-refractivity contribution >= 4 is 15.9 Å². The lowest BCUT2D eigenvalue weighted by molar-refractivity contribution is -0.138. The Bertz CT molecular complexity index is 390. The molecule has 0 saturated heterocycles. The summed E-state index contributed by atoms with van der Waals surface area (Å²) in [7, 11) is 0. The first kappa shape index (κ1) is 13.4. The van der Waals surface area contributed by atoms with Crippen molar-refractivity contribution in [3.05, 3.63) is 33.8 Å². The minimum atomic E-state index is -4.57. The van der Waals surface area contributed by atoms with Crippen LogP contribution < -0.4 is 5.73 Å². The highest BCUT2D eigenvalue weighted by Gasteiger charge is 2.33. The second-order valence-corrected chi connectivity index (χ2v) is 4.04. The summed E-state index contributed by atoms with van der Waals surface area (Å²) in [5.41, 5.74) is 4.37. The van der Waals surface area contributed by atoms with Gasteiger partial charge in [0.2, 0.25) is 0 Å². The number of halogens is 6. The van der Waals surface area contributed by atoms with E-state index in [2.05, 4.69) is 15.9 Å². The van der Waals surface area contributed by atoms with Crippen molar-refractivity contribution in [2.24, 2.45) is 5.73 Å². The molecule has 0 fully saturated rings. The Labute approximate surface area is 96.6 Å². The highest BCUT2D eigenvalue weighted by molar-refractivity contribution is 9.10. The number of hydrogen-bond donors (Lipinski definition) is 1. The van der Waals surface area contributed by atoms with Crippen molar-refractivity contribution in [2.75, 3.05) is 0 Å². The quantitative estimate of drug-likeness (QED) is 0.654. The third-order valence-electron chi connectivity index (χ3n) is 1.90. The molecule has 1 aromatic rings. The van der Waals surface area contributed by atoms with Gasteiger partial charge < -0.3 is 5.73 Å².